The molecule has 0 aromatic carbocycles. The van der Waals surface area contributed by atoms with Crippen LogP contribution in [0, 0.1) is 6.92 Å². The van der Waals surface area contributed by atoms with Gasteiger partial charge in [-0.1, -0.05) is 11.3 Å². The molecule has 1 aromatic rings. The minimum Gasteiger partial charge on any atom is -0.304 e. The first-order valence-electron chi connectivity index (χ1n) is 2.90. The van der Waals surface area contributed by atoms with E-state index in [1.165, 1.54) is 11.3 Å². The van der Waals surface area contributed by atoms with E-state index in [4.69, 9.17) is 0 Å². The van der Waals surface area contributed by atoms with E-state index in [2.05, 4.69) is 0 Å². The third-order valence-electron chi connectivity index (χ3n) is 1.29. The van der Waals surface area contributed by atoms with Gasteiger partial charge < -0.3 is 4.57 Å². The molecule has 0 N–H and O–H groups in total. The Morgan fingerprint density at radius 2 is 2.44 bits per heavy atom. The maximum atomic E-state index is 10.9. The molecule has 1 rings (SSSR count). The molecule has 0 radical (unpaired) electrons. The van der Waals surface area contributed by atoms with Gasteiger partial charge in [-0.25, -0.2) is 0 Å². The summed E-state index contributed by atoms with van der Waals surface area (Å²) in [6.45, 7) is 4.71. The number of thiazole rings is 1. The predicted molar refractivity (Wildman–Crippen MR) is 39.0 cm³/mol. The fourth-order valence-electron chi connectivity index (χ4n) is 0.785. The van der Waals surface area contributed by atoms with E-state index in [-0.39, 0.29) is 4.87 Å². The fourth-order valence-corrected chi connectivity index (χ4v) is 1.58. The SMILES string of the molecule is CCn1c(C)csc1=O. The molecule has 0 amide bonds. The lowest BCUT2D eigenvalue weighted by Gasteiger charge is -1.94. The summed E-state index contributed by atoms with van der Waals surface area (Å²) in [5.41, 5.74) is 1.06. The lowest BCUT2D eigenvalue weighted by atomic mass is 10.5. The Bertz CT molecular complexity index is 248. The average Bonchev–Trinajstić information content (AvgIpc) is 2.12. The predicted octanol–water partition coefficient (Wildman–Crippen LogP) is 1.24. The van der Waals surface area contributed by atoms with Crippen molar-refractivity contribution < 1.29 is 0 Å². The summed E-state index contributed by atoms with van der Waals surface area (Å²) < 4.78 is 1.75. The third kappa shape index (κ3) is 1.05. The zero-order valence-electron chi connectivity index (χ0n) is 5.55. The van der Waals surface area contributed by atoms with E-state index in [0.717, 1.165) is 12.2 Å². The van der Waals surface area contributed by atoms with Crippen LogP contribution in [0.4, 0.5) is 0 Å². The van der Waals surface area contributed by atoms with Gasteiger partial charge >= 0.3 is 4.87 Å². The molecular formula is C6H9NOS. The second-order valence-electron chi connectivity index (χ2n) is 1.89. The lowest BCUT2D eigenvalue weighted by Crippen LogP contribution is -2.12. The number of hydrogen-bond acceptors (Lipinski definition) is 2. The average molecular weight is 143 g/mol. The van der Waals surface area contributed by atoms with Crippen molar-refractivity contribution in [1.82, 2.24) is 4.57 Å². The Labute approximate surface area is 57.8 Å². The number of hydrogen-bond donors (Lipinski definition) is 0. The van der Waals surface area contributed by atoms with Crippen molar-refractivity contribution >= 4 is 11.3 Å². The maximum absolute atomic E-state index is 10.9. The molecule has 0 aliphatic rings. The molecule has 0 bridgehead atoms. The molecule has 0 unspecified atom stereocenters. The number of rotatable bonds is 1. The van der Waals surface area contributed by atoms with Crippen molar-refractivity contribution in [2.24, 2.45) is 0 Å². The Morgan fingerprint density at radius 3 is 2.67 bits per heavy atom. The van der Waals surface area contributed by atoms with Gasteiger partial charge in [-0.05, 0) is 13.8 Å². The first kappa shape index (κ1) is 6.55. The Kier molecular flexibility index (Phi) is 1.71. The lowest BCUT2D eigenvalue weighted by molar-refractivity contribution is 0.723. The van der Waals surface area contributed by atoms with E-state index in [9.17, 15) is 4.79 Å². The molecule has 2 nitrogen and oxygen atoms in total. The van der Waals surface area contributed by atoms with Crippen molar-refractivity contribution in [1.29, 1.82) is 0 Å². The van der Waals surface area contributed by atoms with Crippen LogP contribution in [0.3, 0.4) is 0 Å². The van der Waals surface area contributed by atoms with Crippen molar-refractivity contribution in [2.45, 2.75) is 20.4 Å². The van der Waals surface area contributed by atoms with E-state index < -0.39 is 0 Å². The zero-order valence-corrected chi connectivity index (χ0v) is 6.36. The third-order valence-corrected chi connectivity index (χ3v) is 2.17. The largest absolute Gasteiger partial charge is 0.307 e. The molecule has 0 atom stereocenters. The molecule has 0 aliphatic carbocycles. The Balaban J connectivity index is 3.23. The van der Waals surface area contributed by atoms with Crippen LogP contribution in [-0.2, 0) is 6.54 Å². The summed E-state index contributed by atoms with van der Waals surface area (Å²) in [4.78, 5) is 11.0. The molecule has 0 saturated carbocycles. The van der Waals surface area contributed by atoms with Gasteiger partial charge in [0.25, 0.3) is 0 Å². The van der Waals surface area contributed by atoms with Crippen LogP contribution in [0.2, 0.25) is 0 Å². The van der Waals surface area contributed by atoms with Crippen molar-refractivity contribution in [2.75, 3.05) is 0 Å². The van der Waals surface area contributed by atoms with Gasteiger partial charge in [-0.3, -0.25) is 4.79 Å². The van der Waals surface area contributed by atoms with Gasteiger partial charge in [0.2, 0.25) is 0 Å². The smallest absolute Gasteiger partial charge is 0.304 e. The molecular weight excluding hydrogens is 134 g/mol. The van der Waals surface area contributed by atoms with Crippen molar-refractivity contribution in [3.05, 3.63) is 20.7 Å². The van der Waals surface area contributed by atoms with Crippen LogP contribution < -0.4 is 4.87 Å². The van der Waals surface area contributed by atoms with E-state index in [1.54, 1.807) is 4.57 Å². The molecule has 3 heteroatoms. The molecule has 9 heavy (non-hydrogen) atoms. The summed E-state index contributed by atoms with van der Waals surface area (Å²) in [5, 5.41) is 1.88. The minimum atomic E-state index is 0.148. The summed E-state index contributed by atoms with van der Waals surface area (Å²) in [7, 11) is 0. The van der Waals surface area contributed by atoms with Gasteiger partial charge in [-0.2, -0.15) is 0 Å². The maximum Gasteiger partial charge on any atom is 0.307 e. The van der Waals surface area contributed by atoms with Crippen LogP contribution in [0.5, 0.6) is 0 Å². The molecule has 0 fully saturated rings. The monoisotopic (exact) mass is 143 g/mol. The minimum absolute atomic E-state index is 0.148. The van der Waals surface area contributed by atoms with E-state index in [0.29, 0.717) is 0 Å². The summed E-state index contributed by atoms with van der Waals surface area (Å²) in [5.74, 6) is 0. The van der Waals surface area contributed by atoms with Gasteiger partial charge in [0.1, 0.15) is 0 Å². The topological polar surface area (TPSA) is 22.0 Å². The molecule has 1 heterocycles. The molecule has 0 spiro atoms. The van der Waals surface area contributed by atoms with Gasteiger partial charge in [-0.15, -0.1) is 0 Å². The number of nitrogens with zero attached hydrogens (tertiary/aromatic N) is 1. The second-order valence-corrected chi connectivity index (χ2v) is 2.71. The molecule has 0 aliphatic heterocycles. The van der Waals surface area contributed by atoms with Crippen LogP contribution >= 0.6 is 11.3 Å². The summed E-state index contributed by atoms with van der Waals surface area (Å²) in [6, 6.07) is 0. The van der Waals surface area contributed by atoms with Crippen LogP contribution in [0.25, 0.3) is 0 Å². The van der Waals surface area contributed by atoms with E-state index in [1.807, 2.05) is 19.2 Å². The highest BCUT2D eigenvalue weighted by Crippen LogP contribution is 1.97. The second kappa shape index (κ2) is 2.35. The van der Waals surface area contributed by atoms with Crippen LogP contribution in [-0.4, -0.2) is 4.57 Å². The normalized spacial score (nSPS) is 10.0. The Hall–Kier alpha value is -0.570. The van der Waals surface area contributed by atoms with Crippen molar-refractivity contribution in [3.63, 3.8) is 0 Å². The van der Waals surface area contributed by atoms with Gasteiger partial charge in [0, 0.05) is 17.6 Å². The quantitative estimate of drug-likeness (QED) is 0.579. The molecule has 0 saturated heterocycles. The van der Waals surface area contributed by atoms with Crippen LogP contribution in [0.15, 0.2) is 10.2 Å². The first-order valence-corrected chi connectivity index (χ1v) is 3.78. The highest BCUT2D eigenvalue weighted by Gasteiger charge is 1.96. The standard InChI is InChI=1S/C6H9NOS/c1-3-7-5(2)4-9-6(7)8/h4H,3H2,1-2H3. The first-order chi connectivity index (χ1) is 4.25. The highest BCUT2D eigenvalue weighted by atomic mass is 32.1. The number of aromatic nitrogens is 1. The number of aryl methyl sites for hydroxylation is 1. The molecule has 1 aromatic heterocycles. The fraction of sp³-hybridized carbons (Fsp3) is 0.500. The van der Waals surface area contributed by atoms with Crippen molar-refractivity contribution in [3.8, 4) is 0 Å². The summed E-state index contributed by atoms with van der Waals surface area (Å²) >= 11 is 1.26. The Morgan fingerprint density at radius 1 is 1.78 bits per heavy atom. The van der Waals surface area contributed by atoms with Gasteiger partial charge in [0.15, 0.2) is 0 Å². The zero-order chi connectivity index (χ0) is 6.85. The van der Waals surface area contributed by atoms with E-state index >= 15 is 0 Å². The molecule has 50 valence electrons. The summed E-state index contributed by atoms with van der Waals surface area (Å²) in [6.07, 6.45) is 0. The van der Waals surface area contributed by atoms with Gasteiger partial charge in [0.05, 0.1) is 0 Å². The highest BCUT2D eigenvalue weighted by molar-refractivity contribution is 7.07. The van der Waals surface area contributed by atoms with Crippen LogP contribution in [0.1, 0.15) is 12.6 Å².